The Hall–Kier alpha value is -2.63. The van der Waals surface area contributed by atoms with Crippen molar-refractivity contribution >= 4 is 39.8 Å². The number of anilines is 1. The number of halogens is 1. The molecule has 0 unspecified atom stereocenters. The summed E-state index contributed by atoms with van der Waals surface area (Å²) in [5.74, 6) is -0.651. The fourth-order valence-corrected chi connectivity index (χ4v) is 3.74. The van der Waals surface area contributed by atoms with E-state index in [9.17, 15) is 9.59 Å². The van der Waals surface area contributed by atoms with Crippen LogP contribution in [0.1, 0.15) is 22.8 Å². The molecule has 27 heavy (non-hydrogen) atoms. The zero-order valence-electron chi connectivity index (χ0n) is 14.7. The van der Waals surface area contributed by atoms with E-state index in [1.807, 2.05) is 30.3 Å². The Bertz CT molecular complexity index is 936. The van der Waals surface area contributed by atoms with Crippen LogP contribution in [0.3, 0.4) is 0 Å². The van der Waals surface area contributed by atoms with Crippen LogP contribution in [-0.4, -0.2) is 18.5 Å². The first kappa shape index (κ1) is 19.1. The summed E-state index contributed by atoms with van der Waals surface area (Å²) in [5.41, 5.74) is 2.19. The Labute approximate surface area is 166 Å². The predicted molar refractivity (Wildman–Crippen MR) is 109 cm³/mol. The maximum Gasteiger partial charge on any atom is 0.341 e. The summed E-state index contributed by atoms with van der Waals surface area (Å²) < 4.78 is 5.13. The van der Waals surface area contributed by atoms with Crippen LogP contribution in [0.15, 0.2) is 60.7 Å². The van der Waals surface area contributed by atoms with Crippen molar-refractivity contribution in [2.75, 3.05) is 11.9 Å². The van der Waals surface area contributed by atoms with E-state index < -0.39 is 5.97 Å². The third kappa shape index (κ3) is 4.96. The van der Waals surface area contributed by atoms with Crippen molar-refractivity contribution in [2.45, 2.75) is 13.3 Å². The Morgan fingerprint density at radius 3 is 2.44 bits per heavy atom. The topological polar surface area (TPSA) is 55.4 Å². The molecule has 0 aliphatic rings. The quantitative estimate of drug-likeness (QED) is 0.562. The van der Waals surface area contributed by atoms with Crippen molar-refractivity contribution in [2.24, 2.45) is 0 Å². The maximum atomic E-state index is 12.5. The van der Waals surface area contributed by atoms with Crippen molar-refractivity contribution in [1.82, 2.24) is 0 Å². The summed E-state index contributed by atoms with van der Waals surface area (Å²) in [4.78, 5) is 25.7. The zero-order valence-corrected chi connectivity index (χ0v) is 16.3. The molecule has 0 fully saturated rings. The second kappa shape index (κ2) is 8.84. The number of carbonyl (C=O) groups excluding carboxylic acids is 2. The first-order valence-corrected chi connectivity index (χ1v) is 9.67. The molecule has 1 N–H and O–H groups in total. The molecule has 0 aliphatic heterocycles. The van der Waals surface area contributed by atoms with E-state index in [4.69, 9.17) is 16.3 Å². The zero-order chi connectivity index (χ0) is 19.2. The number of nitrogens with one attached hydrogen (secondary N) is 1. The lowest BCUT2D eigenvalue weighted by Gasteiger charge is -2.06. The van der Waals surface area contributed by atoms with Crippen LogP contribution < -0.4 is 5.32 Å². The van der Waals surface area contributed by atoms with Gasteiger partial charge in [-0.25, -0.2) is 4.79 Å². The number of ether oxygens (including phenoxy) is 1. The molecule has 0 spiro atoms. The molecule has 1 aromatic heterocycles. The molecule has 1 heterocycles. The Morgan fingerprint density at radius 2 is 1.78 bits per heavy atom. The van der Waals surface area contributed by atoms with Gasteiger partial charge in [0.2, 0.25) is 5.91 Å². The highest BCUT2D eigenvalue weighted by atomic mass is 35.5. The van der Waals surface area contributed by atoms with Crippen LogP contribution in [0.2, 0.25) is 5.02 Å². The number of esters is 1. The highest BCUT2D eigenvalue weighted by molar-refractivity contribution is 7.20. The van der Waals surface area contributed by atoms with E-state index in [-0.39, 0.29) is 18.9 Å². The van der Waals surface area contributed by atoms with E-state index in [1.165, 1.54) is 11.3 Å². The second-order valence-corrected chi connectivity index (χ2v) is 7.28. The summed E-state index contributed by atoms with van der Waals surface area (Å²) >= 11 is 7.23. The molecule has 0 atom stereocenters. The fraction of sp³-hybridized carbons (Fsp3) is 0.143. The lowest BCUT2D eigenvalue weighted by Crippen LogP contribution is -2.16. The molecular weight excluding hydrogens is 382 g/mol. The van der Waals surface area contributed by atoms with Gasteiger partial charge in [0.25, 0.3) is 0 Å². The minimum absolute atomic E-state index is 0.192. The number of amides is 1. The first-order valence-electron chi connectivity index (χ1n) is 8.47. The van der Waals surface area contributed by atoms with Crippen LogP contribution in [0, 0.1) is 0 Å². The summed E-state index contributed by atoms with van der Waals surface area (Å²) in [5, 5.41) is 3.96. The average molecular weight is 400 g/mol. The number of rotatable bonds is 6. The van der Waals surface area contributed by atoms with Gasteiger partial charge >= 0.3 is 5.97 Å². The summed E-state index contributed by atoms with van der Waals surface area (Å²) in [6, 6.07) is 18.6. The molecule has 0 bridgehead atoms. The normalized spacial score (nSPS) is 10.4. The number of carbonyl (C=O) groups is 2. The molecule has 138 valence electrons. The average Bonchev–Trinajstić information content (AvgIpc) is 3.08. The fourth-order valence-electron chi connectivity index (χ4n) is 2.55. The number of hydrogen-bond donors (Lipinski definition) is 1. The first-order chi connectivity index (χ1) is 13.1. The molecule has 0 radical (unpaired) electrons. The molecular formula is C21H18ClNO3S. The standard InChI is InChI=1S/C21H18ClNO3S/c1-2-26-21(25)17-13-18(15-6-4-3-5-7-15)27-20(17)23-19(24)12-14-8-10-16(22)11-9-14/h3-11,13H,2,12H2,1H3,(H,23,24). The van der Waals surface area contributed by atoms with Crippen molar-refractivity contribution in [3.8, 4) is 10.4 Å². The van der Waals surface area contributed by atoms with Gasteiger partial charge in [-0.3, -0.25) is 4.79 Å². The largest absolute Gasteiger partial charge is 0.462 e. The van der Waals surface area contributed by atoms with Crippen molar-refractivity contribution in [3.63, 3.8) is 0 Å². The van der Waals surface area contributed by atoms with Gasteiger partial charge in [0.05, 0.1) is 18.6 Å². The monoisotopic (exact) mass is 399 g/mol. The Morgan fingerprint density at radius 1 is 1.07 bits per heavy atom. The van der Waals surface area contributed by atoms with Gasteiger partial charge in [0.1, 0.15) is 5.00 Å². The van der Waals surface area contributed by atoms with E-state index in [2.05, 4.69) is 5.32 Å². The number of benzene rings is 2. The minimum Gasteiger partial charge on any atom is -0.462 e. The van der Waals surface area contributed by atoms with E-state index in [0.29, 0.717) is 15.6 Å². The number of thiophene rings is 1. The van der Waals surface area contributed by atoms with Gasteiger partial charge in [0.15, 0.2) is 0 Å². The molecule has 6 heteroatoms. The Balaban J connectivity index is 1.83. The molecule has 3 rings (SSSR count). The SMILES string of the molecule is CCOC(=O)c1cc(-c2ccccc2)sc1NC(=O)Cc1ccc(Cl)cc1. The lowest BCUT2D eigenvalue weighted by molar-refractivity contribution is -0.115. The summed E-state index contributed by atoms with van der Waals surface area (Å²) in [6.45, 7) is 2.02. The van der Waals surface area contributed by atoms with Crippen LogP contribution in [0.25, 0.3) is 10.4 Å². The van der Waals surface area contributed by atoms with Gasteiger partial charge in [-0.1, -0.05) is 54.1 Å². The third-order valence-corrected chi connectivity index (χ3v) is 5.17. The van der Waals surface area contributed by atoms with Crippen molar-refractivity contribution in [1.29, 1.82) is 0 Å². The van der Waals surface area contributed by atoms with Crippen LogP contribution in [-0.2, 0) is 16.0 Å². The third-order valence-electron chi connectivity index (χ3n) is 3.82. The Kier molecular flexibility index (Phi) is 6.27. The summed E-state index contributed by atoms with van der Waals surface area (Å²) in [7, 11) is 0. The highest BCUT2D eigenvalue weighted by Crippen LogP contribution is 2.36. The van der Waals surface area contributed by atoms with Gasteiger partial charge in [-0.2, -0.15) is 0 Å². The maximum absolute atomic E-state index is 12.5. The smallest absolute Gasteiger partial charge is 0.341 e. The lowest BCUT2D eigenvalue weighted by atomic mass is 10.1. The summed E-state index contributed by atoms with van der Waals surface area (Å²) in [6.07, 6.45) is 0.192. The van der Waals surface area contributed by atoms with Crippen LogP contribution in [0.4, 0.5) is 5.00 Å². The molecule has 0 aliphatic carbocycles. The van der Waals surface area contributed by atoms with E-state index in [0.717, 1.165) is 16.0 Å². The molecule has 2 aromatic carbocycles. The highest BCUT2D eigenvalue weighted by Gasteiger charge is 2.20. The second-order valence-electron chi connectivity index (χ2n) is 5.79. The van der Waals surface area contributed by atoms with Crippen molar-refractivity contribution in [3.05, 3.63) is 76.8 Å². The van der Waals surface area contributed by atoms with Crippen LogP contribution >= 0.6 is 22.9 Å². The van der Waals surface area contributed by atoms with Crippen LogP contribution in [0.5, 0.6) is 0 Å². The van der Waals surface area contributed by atoms with Crippen molar-refractivity contribution < 1.29 is 14.3 Å². The molecule has 4 nitrogen and oxygen atoms in total. The van der Waals surface area contributed by atoms with E-state index in [1.54, 1.807) is 37.3 Å². The van der Waals surface area contributed by atoms with E-state index >= 15 is 0 Å². The molecule has 0 saturated carbocycles. The number of hydrogen-bond acceptors (Lipinski definition) is 4. The van der Waals surface area contributed by atoms with Gasteiger partial charge < -0.3 is 10.1 Å². The van der Waals surface area contributed by atoms with Gasteiger partial charge in [-0.05, 0) is 36.2 Å². The molecule has 0 saturated heterocycles. The molecule has 1 amide bonds. The van der Waals surface area contributed by atoms with Gasteiger partial charge in [0, 0.05) is 9.90 Å². The van der Waals surface area contributed by atoms with Gasteiger partial charge in [-0.15, -0.1) is 11.3 Å². The molecule has 3 aromatic rings. The predicted octanol–water partition coefficient (Wildman–Crippen LogP) is 5.43. The minimum atomic E-state index is -0.447.